The van der Waals surface area contributed by atoms with E-state index in [1.807, 2.05) is 0 Å². The highest BCUT2D eigenvalue weighted by atomic mass is 32.2. The topological polar surface area (TPSA) is 176 Å². The first-order valence-electron chi connectivity index (χ1n) is 13.4. The highest BCUT2D eigenvalue weighted by Gasteiger charge is 2.40. The van der Waals surface area contributed by atoms with Gasteiger partial charge in [-0.25, -0.2) is 13.2 Å². The molecule has 1 aliphatic heterocycles. The lowest BCUT2D eigenvalue weighted by Gasteiger charge is -2.33. The molecule has 1 N–H and O–H groups in total. The van der Waals surface area contributed by atoms with Crippen LogP contribution in [0.4, 0.5) is 4.79 Å². The molecule has 1 amide bonds. The van der Waals surface area contributed by atoms with Crippen LogP contribution in [0, 0.1) is 22.5 Å². The summed E-state index contributed by atoms with van der Waals surface area (Å²) in [6, 6.07) is 3.00. The van der Waals surface area contributed by atoms with Crippen LogP contribution in [0.5, 0.6) is 0 Å². The smallest absolute Gasteiger partial charge is 0.407 e. The first-order valence-corrected chi connectivity index (χ1v) is 14.8. The molecule has 0 radical (unpaired) electrons. The lowest BCUT2D eigenvalue weighted by molar-refractivity contribution is -0.758. The van der Waals surface area contributed by atoms with Crippen molar-refractivity contribution in [2.75, 3.05) is 26.8 Å². The van der Waals surface area contributed by atoms with Crippen molar-refractivity contribution < 1.29 is 37.4 Å². The van der Waals surface area contributed by atoms with Gasteiger partial charge >= 0.3 is 12.1 Å². The van der Waals surface area contributed by atoms with E-state index >= 15 is 0 Å². The Bertz CT molecular complexity index is 1530. The number of carbonyl (C=O) groups is 2. The van der Waals surface area contributed by atoms with Crippen LogP contribution in [0.2, 0.25) is 0 Å². The molecular weight excluding hydrogens is 572 g/mol. The number of aryl methyl sites for hydroxylation is 1. The summed E-state index contributed by atoms with van der Waals surface area (Å²) in [6.45, 7) is 9.74. The predicted molar refractivity (Wildman–Crippen MR) is 152 cm³/mol. The maximum Gasteiger partial charge on any atom is 0.407 e. The van der Waals surface area contributed by atoms with Crippen molar-refractivity contribution in [3.05, 3.63) is 50.4 Å². The molecule has 2 atom stereocenters. The lowest BCUT2D eigenvalue weighted by Crippen LogP contribution is -2.41. The van der Waals surface area contributed by atoms with Crippen LogP contribution in [0.3, 0.4) is 0 Å². The van der Waals surface area contributed by atoms with E-state index < -0.39 is 55.8 Å². The van der Waals surface area contributed by atoms with Crippen molar-refractivity contribution in [2.45, 2.75) is 77.0 Å². The second kappa shape index (κ2) is 12.3. The lowest BCUT2D eigenvalue weighted by atomic mass is 9.82. The van der Waals surface area contributed by atoms with E-state index in [1.54, 1.807) is 41.5 Å². The Morgan fingerprint density at radius 3 is 2.48 bits per heavy atom. The molecule has 0 spiro atoms. The molecule has 232 valence electrons. The van der Waals surface area contributed by atoms with Gasteiger partial charge in [-0.3, -0.25) is 9.59 Å². The van der Waals surface area contributed by atoms with Gasteiger partial charge in [-0.1, -0.05) is 6.07 Å². The SMILES string of the molecule is COC(=O)C(C)(C)[C@H](CCO[N+](=O)[O-])n1cc(C)c2c(S(=O)(=O)N3CCC(NC(=O)OC(C)(C)C)C3)cccc2c1=O. The van der Waals surface area contributed by atoms with Gasteiger partial charge in [0.2, 0.25) is 10.0 Å². The number of aromatic nitrogens is 1. The number of pyridine rings is 1. The number of nitrogens with zero attached hydrogens (tertiary/aromatic N) is 3. The van der Waals surface area contributed by atoms with Crippen LogP contribution in [-0.2, 0) is 29.1 Å². The molecular formula is C27H38N4O10S. The van der Waals surface area contributed by atoms with Crippen molar-refractivity contribution >= 4 is 32.9 Å². The van der Waals surface area contributed by atoms with Crippen molar-refractivity contribution in [2.24, 2.45) is 5.41 Å². The van der Waals surface area contributed by atoms with Gasteiger partial charge in [-0.2, -0.15) is 4.31 Å². The van der Waals surface area contributed by atoms with Crippen molar-refractivity contribution in [1.82, 2.24) is 14.2 Å². The van der Waals surface area contributed by atoms with Gasteiger partial charge < -0.3 is 24.2 Å². The number of fused-ring (bicyclic) bond motifs is 1. The van der Waals surface area contributed by atoms with Crippen LogP contribution < -0.4 is 10.9 Å². The molecule has 15 heteroatoms. The minimum absolute atomic E-state index is 0.0277. The molecule has 1 aromatic carbocycles. The van der Waals surface area contributed by atoms with E-state index in [0.29, 0.717) is 12.0 Å². The Labute approximate surface area is 244 Å². The van der Waals surface area contributed by atoms with Gasteiger partial charge in [-0.15, -0.1) is 10.1 Å². The zero-order valence-corrected chi connectivity index (χ0v) is 25.6. The summed E-state index contributed by atoms with van der Waals surface area (Å²) < 4.78 is 40.4. The number of nitrogens with one attached hydrogen (secondary N) is 1. The standard InChI is InChI=1S/C27H38N4O10S/c1-17-15-30(21(12-14-40-31(35)36)27(5,6)24(33)39-7)23(32)19-9-8-10-20(22(17)19)42(37,38)29-13-11-18(16-29)28-25(34)41-26(2,3)4/h8-10,15,18,21H,11-14,16H2,1-7H3,(H,28,34)/t18?,21-/m0/s1. The minimum atomic E-state index is -4.09. The van der Waals surface area contributed by atoms with Gasteiger partial charge in [0, 0.05) is 36.1 Å². The number of amides is 1. The van der Waals surface area contributed by atoms with Crippen LogP contribution in [0.15, 0.2) is 34.1 Å². The molecule has 0 bridgehead atoms. The molecule has 1 aromatic heterocycles. The fourth-order valence-electron chi connectivity index (χ4n) is 5.20. The second-order valence-corrected chi connectivity index (χ2v) is 13.7. The maximum atomic E-state index is 13.8. The van der Waals surface area contributed by atoms with Crippen molar-refractivity contribution in [3.8, 4) is 0 Å². The van der Waals surface area contributed by atoms with Gasteiger partial charge in [0.25, 0.3) is 10.6 Å². The number of benzene rings is 1. The van der Waals surface area contributed by atoms with Crippen LogP contribution in [-0.4, -0.2) is 72.9 Å². The number of hydrogen-bond donors (Lipinski definition) is 1. The number of ether oxygens (including phenoxy) is 2. The zero-order valence-electron chi connectivity index (χ0n) is 24.8. The molecule has 3 rings (SSSR count). The third kappa shape index (κ3) is 7.01. The highest BCUT2D eigenvalue weighted by molar-refractivity contribution is 7.89. The fourth-order valence-corrected chi connectivity index (χ4v) is 6.98. The average Bonchev–Trinajstić information content (AvgIpc) is 3.35. The van der Waals surface area contributed by atoms with Gasteiger partial charge in [-0.05, 0) is 72.1 Å². The monoisotopic (exact) mass is 610 g/mol. The summed E-state index contributed by atoms with van der Waals surface area (Å²) >= 11 is 0. The Morgan fingerprint density at radius 2 is 1.88 bits per heavy atom. The Kier molecular flexibility index (Phi) is 9.57. The molecule has 14 nitrogen and oxygen atoms in total. The third-order valence-electron chi connectivity index (χ3n) is 7.18. The van der Waals surface area contributed by atoms with Crippen molar-refractivity contribution in [1.29, 1.82) is 0 Å². The van der Waals surface area contributed by atoms with E-state index in [9.17, 15) is 32.9 Å². The van der Waals surface area contributed by atoms with Crippen LogP contribution in [0.1, 0.15) is 59.1 Å². The number of alkyl carbamates (subject to hydrolysis) is 1. The first-order chi connectivity index (χ1) is 19.4. The Balaban J connectivity index is 2.02. The minimum Gasteiger partial charge on any atom is -0.469 e. The number of esters is 1. The van der Waals surface area contributed by atoms with Gasteiger partial charge in [0.05, 0.1) is 30.1 Å². The van der Waals surface area contributed by atoms with E-state index in [4.69, 9.17) is 9.47 Å². The van der Waals surface area contributed by atoms with E-state index in [2.05, 4.69) is 10.2 Å². The van der Waals surface area contributed by atoms with Crippen molar-refractivity contribution in [3.63, 3.8) is 0 Å². The number of sulfonamides is 1. The molecule has 0 saturated carbocycles. The predicted octanol–water partition coefficient (Wildman–Crippen LogP) is 2.94. The largest absolute Gasteiger partial charge is 0.469 e. The Morgan fingerprint density at radius 1 is 1.21 bits per heavy atom. The summed E-state index contributed by atoms with van der Waals surface area (Å²) in [4.78, 5) is 53.9. The summed E-state index contributed by atoms with van der Waals surface area (Å²) in [6.07, 6.45) is 1.11. The summed E-state index contributed by atoms with van der Waals surface area (Å²) in [5.41, 5.74) is -2.14. The summed E-state index contributed by atoms with van der Waals surface area (Å²) in [5, 5.41) is 12.8. The fraction of sp³-hybridized carbons (Fsp3) is 0.593. The van der Waals surface area contributed by atoms with E-state index in [0.717, 1.165) is 0 Å². The van der Waals surface area contributed by atoms with Crippen LogP contribution in [0.25, 0.3) is 10.8 Å². The molecule has 2 heterocycles. The number of methoxy groups -OCH3 is 1. The van der Waals surface area contributed by atoms with Crippen LogP contribution >= 0.6 is 0 Å². The van der Waals surface area contributed by atoms with E-state index in [1.165, 1.54) is 40.4 Å². The van der Waals surface area contributed by atoms with Gasteiger partial charge in [0.1, 0.15) is 5.60 Å². The average molecular weight is 611 g/mol. The number of carbonyl (C=O) groups excluding carboxylic acids is 2. The highest BCUT2D eigenvalue weighted by Crippen LogP contribution is 2.36. The molecule has 0 aliphatic carbocycles. The Hall–Kier alpha value is -3.72. The number of rotatable bonds is 10. The molecule has 1 unspecified atom stereocenters. The zero-order chi connectivity index (χ0) is 31.6. The quantitative estimate of drug-likeness (QED) is 0.239. The third-order valence-corrected chi connectivity index (χ3v) is 9.08. The summed E-state index contributed by atoms with van der Waals surface area (Å²) in [7, 11) is -2.89. The number of hydrogen-bond acceptors (Lipinski definition) is 10. The maximum absolute atomic E-state index is 13.8. The summed E-state index contributed by atoms with van der Waals surface area (Å²) in [5.74, 6) is -0.641. The molecule has 2 aromatic rings. The molecule has 1 saturated heterocycles. The normalized spacial score (nSPS) is 17.1. The van der Waals surface area contributed by atoms with Gasteiger partial charge in [0.15, 0.2) is 0 Å². The molecule has 1 aliphatic rings. The molecule has 42 heavy (non-hydrogen) atoms. The van der Waals surface area contributed by atoms with E-state index in [-0.39, 0.29) is 41.8 Å². The second-order valence-electron chi connectivity index (χ2n) is 11.8. The molecule has 1 fully saturated rings. The first kappa shape index (κ1) is 32.8.